The number of thioether (sulfide) groups is 1. The van der Waals surface area contributed by atoms with Crippen molar-refractivity contribution in [3.63, 3.8) is 0 Å². The van der Waals surface area contributed by atoms with Gasteiger partial charge in [-0.2, -0.15) is 0 Å². The van der Waals surface area contributed by atoms with Gasteiger partial charge in [0.25, 0.3) is 15.9 Å². The summed E-state index contributed by atoms with van der Waals surface area (Å²) in [4.78, 5) is 15.3. The minimum atomic E-state index is -3.69. The molecule has 0 aromatic heterocycles. The lowest BCUT2D eigenvalue weighted by Gasteiger charge is -2.17. The van der Waals surface area contributed by atoms with Crippen LogP contribution in [0.4, 0.5) is 11.4 Å². The zero-order valence-corrected chi connectivity index (χ0v) is 17.1. The molecule has 0 saturated heterocycles. The average Bonchev–Trinajstić information content (AvgIpc) is 2.73. The minimum Gasteiger partial charge on any atom is -0.311 e. The van der Waals surface area contributed by atoms with E-state index in [1.165, 1.54) is 0 Å². The van der Waals surface area contributed by atoms with Gasteiger partial charge in [-0.25, -0.2) is 8.42 Å². The maximum Gasteiger partial charge on any atom is 0.261 e. The van der Waals surface area contributed by atoms with E-state index in [0.717, 1.165) is 10.6 Å². The standard InChI is InChI=1S/C21H20N2O3S2/c1-23(18-6-4-3-5-7-18)21(24)16-8-10-17(11-9-16)22-28(25,26)20-14-12-19(27-2)13-15-20/h3-15,22H,1-2H3. The molecule has 0 bridgehead atoms. The predicted molar refractivity (Wildman–Crippen MR) is 115 cm³/mol. The van der Waals surface area contributed by atoms with Crippen LogP contribution in [0.15, 0.2) is 88.7 Å². The van der Waals surface area contributed by atoms with Crippen molar-refractivity contribution in [1.29, 1.82) is 0 Å². The number of rotatable bonds is 6. The van der Waals surface area contributed by atoms with Crippen LogP contribution in [0, 0.1) is 0 Å². The van der Waals surface area contributed by atoms with Crippen LogP contribution in [0.25, 0.3) is 0 Å². The summed E-state index contributed by atoms with van der Waals surface area (Å²) in [7, 11) is -1.98. The van der Waals surface area contributed by atoms with Crippen LogP contribution in [0.5, 0.6) is 0 Å². The van der Waals surface area contributed by atoms with Gasteiger partial charge in [0.15, 0.2) is 0 Å². The molecule has 0 saturated carbocycles. The van der Waals surface area contributed by atoms with Crippen LogP contribution < -0.4 is 9.62 Å². The van der Waals surface area contributed by atoms with Crippen molar-refractivity contribution in [3.8, 4) is 0 Å². The molecule has 0 unspecified atom stereocenters. The molecule has 5 nitrogen and oxygen atoms in total. The number of benzene rings is 3. The van der Waals surface area contributed by atoms with E-state index in [4.69, 9.17) is 0 Å². The molecule has 28 heavy (non-hydrogen) atoms. The smallest absolute Gasteiger partial charge is 0.261 e. The first-order valence-electron chi connectivity index (χ1n) is 8.51. The van der Waals surface area contributed by atoms with E-state index in [-0.39, 0.29) is 10.8 Å². The van der Waals surface area contributed by atoms with E-state index in [1.54, 1.807) is 72.2 Å². The van der Waals surface area contributed by atoms with Crippen molar-refractivity contribution in [2.45, 2.75) is 9.79 Å². The second-order valence-electron chi connectivity index (χ2n) is 6.06. The lowest BCUT2D eigenvalue weighted by molar-refractivity contribution is 0.0993. The molecule has 0 spiro atoms. The highest BCUT2D eigenvalue weighted by molar-refractivity contribution is 7.98. The number of nitrogens with zero attached hydrogens (tertiary/aromatic N) is 1. The largest absolute Gasteiger partial charge is 0.311 e. The Morgan fingerprint density at radius 2 is 1.50 bits per heavy atom. The lowest BCUT2D eigenvalue weighted by Crippen LogP contribution is -2.26. The SMILES string of the molecule is CSc1ccc(S(=O)(=O)Nc2ccc(C(=O)N(C)c3ccccc3)cc2)cc1. The van der Waals surface area contributed by atoms with Crippen LogP contribution >= 0.6 is 11.8 Å². The van der Waals surface area contributed by atoms with Gasteiger partial charge in [0.05, 0.1) is 4.90 Å². The van der Waals surface area contributed by atoms with E-state index < -0.39 is 10.0 Å². The number of carbonyl (C=O) groups excluding carboxylic acids is 1. The third kappa shape index (κ3) is 4.55. The van der Waals surface area contributed by atoms with Gasteiger partial charge in [-0.05, 0) is 66.9 Å². The van der Waals surface area contributed by atoms with Crippen molar-refractivity contribution >= 4 is 39.1 Å². The highest BCUT2D eigenvalue weighted by Gasteiger charge is 2.16. The van der Waals surface area contributed by atoms with E-state index in [1.807, 2.05) is 36.6 Å². The number of amides is 1. The molecule has 0 radical (unpaired) electrons. The second-order valence-corrected chi connectivity index (χ2v) is 8.62. The van der Waals surface area contributed by atoms with E-state index in [2.05, 4.69) is 4.72 Å². The van der Waals surface area contributed by atoms with Crippen molar-refractivity contribution in [2.75, 3.05) is 22.9 Å². The minimum absolute atomic E-state index is 0.173. The molecule has 7 heteroatoms. The summed E-state index contributed by atoms with van der Waals surface area (Å²) in [5, 5.41) is 0. The zero-order valence-electron chi connectivity index (χ0n) is 15.5. The van der Waals surface area contributed by atoms with Crippen molar-refractivity contribution in [1.82, 2.24) is 0 Å². The average molecular weight is 413 g/mol. The first-order chi connectivity index (χ1) is 13.4. The molecular weight excluding hydrogens is 392 g/mol. The number of nitrogens with one attached hydrogen (secondary N) is 1. The van der Waals surface area contributed by atoms with E-state index >= 15 is 0 Å². The van der Waals surface area contributed by atoms with Crippen molar-refractivity contribution < 1.29 is 13.2 Å². The molecule has 0 heterocycles. The number of anilines is 2. The first kappa shape index (κ1) is 20.0. The molecule has 0 aliphatic heterocycles. The van der Waals surface area contributed by atoms with E-state index in [9.17, 15) is 13.2 Å². The first-order valence-corrected chi connectivity index (χ1v) is 11.2. The Bertz CT molecular complexity index is 1050. The topological polar surface area (TPSA) is 66.5 Å². The zero-order chi connectivity index (χ0) is 20.1. The molecule has 0 aliphatic rings. The summed E-state index contributed by atoms with van der Waals surface area (Å²) in [6.45, 7) is 0. The normalized spacial score (nSPS) is 11.1. The van der Waals surface area contributed by atoms with Crippen LogP contribution in [0.1, 0.15) is 10.4 Å². The van der Waals surface area contributed by atoms with Gasteiger partial charge in [0.2, 0.25) is 0 Å². The summed E-state index contributed by atoms with van der Waals surface area (Å²) >= 11 is 1.55. The molecule has 1 amide bonds. The summed E-state index contributed by atoms with van der Waals surface area (Å²) < 4.78 is 27.6. The molecule has 3 rings (SSSR count). The maximum atomic E-state index is 12.6. The van der Waals surface area contributed by atoms with Crippen LogP contribution in [-0.4, -0.2) is 27.6 Å². The molecule has 3 aromatic carbocycles. The number of sulfonamides is 1. The van der Waals surface area contributed by atoms with Crippen LogP contribution in [-0.2, 0) is 10.0 Å². The third-order valence-electron chi connectivity index (χ3n) is 4.20. The van der Waals surface area contributed by atoms with Crippen LogP contribution in [0.3, 0.4) is 0 Å². The van der Waals surface area contributed by atoms with Gasteiger partial charge < -0.3 is 4.90 Å². The molecule has 0 atom stereocenters. The summed E-state index contributed by atoms with van der Waals surface area (Å²) in [6.07, 6.45) is 1.93. The fourth-order valence-corrected chi connectivity index (χ4v) is 4.08. The quantitative estimate of drug-likeness (QED) is 0.606. The van der Waals surface area contributed by atoms with Gasteiger partial charge in [-0.15, -0.1) is 11.8 Å². The van der Waals surface area contributed by atoms with E-state index in [0.29, 0.717) is 11.3 Å². The van der Waals surface area contributed by atoms with Crippen LogP contribution in [0.2, 0.25) is 0 Å². The molecule has 0 fully saturated rings. The highest BCUT2D eigenvalue weighted by atomic mass is 32.2. The lowest BCUT2D eigenvalue weighted by atomic mass is 10.1. The number of carbonyl (C=O) groups is 1. The third-order valence-corrected chi connectivity index (χ3v) is 6.34. The monoisotopic (exact) mass is 412 g/mol. The van der Waals surface area contributed by atoms with Gasteiger partial charge >= 0.3 is 0 Å². The van der Waals surface area contributed by atoms with Gasteiger partial charge in [-0.3, -0.25) is 9.52 Å². The molecular formula is C21H20N2O3S2. The summed E-state index contributed by atoms with van der Waals surface area (Å²) in [5.74, 6) is -0.173. The number of hydrogen-bond acceptors (Lipinski definition) is 4. The van der Waals surface area contributed by atoms with Crippen molar-refractivity contribution in [2.24, 2.45) is 0 Å². The Kier molecular flexibility index (Phi) is 6.06. The predicted octanol–water partition coefficient (Wildman–Crippen LogP) is 4.49. The second kappa shape index (κ2) is 8.50. The Hall–Kier alpha value is -2.77. The molecule has 1 N–H and O–H groups in total. The summed E-state index contributed by atoms with van der Waals surface area (Å²) in [6, 6.07) is 22.4. The fraction of sp³-hybridized carbons (Fsp3) is 0.0952. The van der Waals surface area contributed by atoms with Gasteiger partial charge in [0, 0.05) is 28.9 Å². The summed E-state index contributed by atoms with van der Waals surface area (Å²) in [5.41, 5.74) is 1.65. The fourth-order valence-electron chi connectivity index (χ4n) is 2.61. The highest BCUT2D eigenvalue weighted by Crippen LogP contribution is 2.21. The van der Waals surface area contributed by atoms with Gasteiger partial charge in [-0.1, -0.05) is 18.2 Å². The Morgan fingerprint density at radius 3 is 2.07 bits per heavy atom. The van der Waals surface area contributed by atoms with Gasteiger partial charge in [0.1, 0.15) is 0 Å². The number of hydrogen-bond donors (Lipinski definition) is 1. The molecule has 144 valence electrons. The van der Waals surface area contributed by atoms with Crippen molar-refractivity contribution in [3.05, 3.63) is 84.4 Å². The Balaban J connectivity index is 1.74. The Morgan fingerprint density at radius 1 is 0.893 bits per heavy atom. The molecule has 0 aliphatic carbocycles. The maximum absolute atomic E-state index is 12.6. The molecule has 3 aromatic rings. The Labute approximate surface area is 169 Å². The number of para-hydroxylation sites is 1.